The second kappa shape index (κ2) is 6.53. The molecule has 142 valence electrons. The standard InChI is InChI=1S/C21H20N4O3/c1-12-8-7-9-13(2)17(12)23-18-15(14-10-5-6-11-22-14)16-19(26)24(3)21(27)25(4)20(16)28-18/h5-11,23H,1-4H3. The summed E-state index contributed by atoms with van der Waals surface area (Å²) in [4.78, 5) is 29.7. The number of nitrogens with zero attached hydrogens (tertiary/aromatic N) is 3. The number of aromatic nitrogens is 3. The van der Waals surface area contributed by atoms with Gasteiger partial charge in [0.2, 0.25) is 11.6 Å². The van der Waals surface area contributed by atoms with Crippen LogP contribution < -0.4 is 16.6 Å². The highest BCUT2D eigenvalue weighted by atomic mass is 16.4. The average molecular weight is 376 g/mol. The maximum Gasteiger partial charge on any atom is 0.333 e. The molecule has 1 N–H and O–H groups in total. The number of hydrogen-bond acceptors (Lipinski definition) is 5. The fourth-order valence-electron chi connectivity index (χ4n) is 3.39. The van der Waals surface area contributed by atoms with E-state index < -0.39 is 11.2 Å². The lowest BCUT2D eigenvalue weighted by Crippen LogP contribution is -2.36. The van der Waals surface area contributed by atoms with E-state index in [9.17, 15) is 9.59 Å². The van der Waals surface area contributed by atoms with Crippen molar-refractivity contribution < 1.29 is 4.42 Å². The normalized spacial score (nSPS) is 11.1. The molecule has 28 heavy (non-hydrogen) atoms. The van der Waals surface area contributed by atoms with Crippen LogP contribution in [0.15, 0.2) is 56.6 Å². The van der Waals surface area contributed by atoms with Crippen LogP contribution in [0, 0.1) is 13.8 Å². The van der Waals surface area contributed by atoms with E-state index in [0.29, 0.717) is 22.5 Å². The number of anilines is 2. The van der Waals surface area contributed by atoms with Crippen LogP contribution in [-0.2, 0) is 14.1 Å². The van der Waals surface area contributed by atoms with E-state index in [1.165, 1.54) is 11.6 Å². The molecule has 0 saturated heterocycles. The third-order valence-corrected chi connectivity index (χ3v) is 4.93. The van der Waals surface area contributed by atoms with Crippen LogP contribution in [0.4, 0.5) is 11.6 Å². The molecule has 0 bridgehead atoms. The maximum absolute atomic E-state index is 12.9. The molecule has 0 aliphatic rings. The molecule has 4 aromatic rings. The number of pyridine rings is 1. The topological polar surface area (TPSA) is 82.1 Å². The number of fused-ring (bicyclic) bond motifs is 1. The van der Waals surface area contributed by atoms with Gasteiger partial charge >= 0.3 is 5.69 Å². The lowest BCUT2D eigenvalue weighted by Gasteiger charge is -2.11. The Labute approximate surface area is 160 Å². The van der Waals surface area contributed by atoms with Gasteiger partial charge in [-0.1, -0.05) is 24.3 Å². The van der Waals surface area contributed by atoms with Crippen molar-refractivity contribution in [2.45, 2.75) is 13.8 Å². The molecule has 0 aliphatic carbocycles. The molecule has 0 spiro atoms. The zero-order chi connectivity index (χ0) is 20.0. The molecule has 3 heterocycles. The van der Waals surface area contributed by atoms with Gasteiger partial charge in [0.05, 0.1) is 11.3 Å². The highest BCUT2D eigenvalue weighted by Crippen LogP contribution is 2.38. The Morgan fingerprint density at radius 1 is 0.964 bits per heavy atom. The minimum absolute atomic E-state index is 0.211. The smallest absolute Gasteiger partial charge is 0.333 e. The quantitative estimate of drug-likeness (QED) is 0.593. The molecule has 0 amide bonds. The number of benzene rings is 1. The van der Waals surface area contributed by atoms with Crippen molar-refractivity contribution in [1.29, 1.82) is 0 Å². The Balaban J connectivity index is 2.09. The van der Waals surface area contributed by atoms with E-state index >= 15 is 0 Å². The summed E-state index contributed by atoms with van der Waals surface area (Å²) in [5.74, 6) is 0.379. The molecule has 7 nitrogen and oxygen atoms in total. The van der Waals surface area contributed by atoms with Crippen LogP contribution in [0.2, 0.25) is 0 Å². The molecule has 3 aromatic heterocycles. The summed E-state index contributed by atoms with van der Waals surface area (Å²) in [5.41, 5.74) is 3.43. The van der Waals surface area contributed by atoms with E-state index in [2.05, 4.69) is 10.3 Å². The summed E-state index contributed by atoms with van der Waals surface area (Å²) in [7, 11) is 3.04. The van der Waals surface area contributed by atoms with Crippen molar-refractivity contribution in [3.63, 3.8) is 0 Å². The summed E-state index contributed by atoms with van der Waals surface area (Å²) in [6.45, 7) is 3.99. The monoisotopic (exact) mass is 376 g/mol. The second-order valence-electron chi connectivity index (χ2n) is 6.80. The van der Waals surface area contributed by atoms with Gasteiger partial charge in [0.25, 0.3) is 5.56 Å². The van der Waals surface area contributed by atoms with Gasteiger partial charge < -0.3 is 9.73 Å². The van der Waals surface area contributed by atoms with Gasteiger partial charge in [0.15, 0.2) is 0 Å². The van der Waals surface area contributed by atoms with Crippen LogP contribution in [-0.4, -0.2) is 14.1 Å². The van der Waals surface area contributed by atoms with Crippen molar-refractivity contribution in [3.8, 4) is 11.3 Å². The van der Waals surface area contributed by atoms with E-state index in [1.54, 1.807) is 19.3 Å². The minimum atomic E-state index is -0.447. The molecule has 0 atom stereocenters. The predicted molar refractivity (Wildman–Crippen MR) is 109 cm³/mol. The van der Waals surface area contributed by atoms with Gasteiger partial charge in [-0.3, -0.25) is 18.9 Å². The molecule has 0 unspecified atom stereocenters. The van der Waals surface area contributed by atoms with Gasteiger partial charge in [-0.25, -0.2) is 4.79 Å². The summed E-state index contributed by atoms with van der Waals surface area (Å²) < 4.78 is 8.42. The maximum atomic E-state index is 12.9. The number of aryl methyl sites for hydroxylation is 3. The molecule has 0 aliphatic heterocycles. The van der Waals surface area contributed by atoms with E-state index in [0.717, 1.165) is 21.4 Å². The van der Waals surface area contributed by atoms with Crippen LogP contribution in [0.3, 0.4) is 0 Å². The number of hydrogen-bond donors (Lipinski definition) is 1. The Hall–Kier alpha value is -3.61. The van der Waals surface area contributed by atoms with Gasteiger partial charge in [-0.2, -0.15) is 0 Å². The van der Waals surface area contributed by atoms with Crippen LogP contribution in [0.5, 0.6) is 0 Å². The first-order chi connectivity index (χ1) is 13.4. The Morgan fingerprint density at radius 3 is 2.32 bits per heavy atom. The molecular weight excluding hydrogens is 356 g/mol. The zero-order valence-corrected chi connectivity index (χ0v) is 16.1. The van der Waals surface area contributed by atoms with E-state index in [1.807, 2.05) is 44.2 Å². The first kappa shape index (κ1) is 17.8. The van der Waals surface area contributed by atoms with E-state index in [4.69, 9.17) is 4.42 Å². The van der Waals surface area contributed by atoms with Crippen molar-refractivity contribution in [2.75, 3.05) is 5.32 Å². The Bertz CT molecular complexity index is 1290. The summed E-state index contributed by atoms with van der Waals surface area (Å²) in [5, 5.41) is 3.64. The first-order valence-electron chi connectivity index (χ1n) is 8.87. The lowest BCUT2D eigenvalue weighted by molar-refractivity contribution is 0.577. The van der Waals surface area contributed by atoms with Crippen molar-refractivity contribution in [1.82, 2.24) is 14.1 Å². The summed E-state index contributed by atoms with van der Waals surface area (Å²) in [6.07, 6.45) is 1.66. The molecular formula is C21H20N4O3. The third kappa shape index (κ3) is 2.63. The SMILES string of the molecule is Cc1cccc(C)c1Nc1oc2c(c1-c1ccccn1)c(=O)n(C)c(=O)n2C. The molecule has 0 fully saturated rings. The Morgan fingerprint density at radius 2 is 1.68 bits per heavy atom. The summed E-state index contributed by atoms with van der Waals surface area (Å²) in [6, 6.07) is 11.4. The van der Waals surface area contributed by atoms with Crippen molar-refractivity contribution in [3.05, 3.63) is 74.6 Å². The largest absolute Gasteiger partial charge is 0.423 e. The molecule has 0 saturated carbocycles. The highest BCUT2D eigenvalue weighted by Gasteiger charge is 2.24. The number of furan rings is 1. The molecule has 1 aromatic carbocycles. The predicted octanol–water partition coefficient (Wildman–Crippen LogP) is 3.25. The number of para-hydroxylation sites is 1. The van der Waals surface area contributed by atoms with Gasteiger partial charge in [0.1, 0.15) is 5.39 Å². The number of rotatable bonds is 3. The van der Waals surface area contributed by atoms with Crippen LogP contribution in [0.1, 0.15) is 11.1 Å². The minimum Gasteiger partial charge on any atom is -0.423 e. The van der Waals surface area contributed by atoms with Crippen LogP contribution >= 0.6 is 0 Å². The molecule has 0 radical (unpaired) electrons. The Kier molecular flexibility index (Phi) is 4.15. The molecule has 4 rings (SSSR count). The summed E-state index contributed by atoms with van der Waals surface area (Å²) >= 11 is 0. The van der Waals surface area contributed by atoms with Crippen molar-refractivity contribution in [2.24, 2.45) is 14.1 Å². The average Bonchev–Trinajstić information content (AvgIpc) is 3.08. The fourth-order valence-corrected chi connectivity index (χ4v) is 3.39. The van der Waals surface area contributed by atoms with Crippen molar-refractivity contribution >= 4 is 22.7 Å². The second-order valence-corrected chi connectivity index (χ2v) is 6.80. The van der Waals surface area contributed by atoms with Gasteiger partial charge in [-0.15, -0.1) is 0 Å². The number of nitrogens with one attached hydrogen (secondary N) is 1. The molecule has 7 heteroatoms. The van der Waals surface area contributed by atoms with Gasteiger partial charge in [-0.05, 0) is 37.1 Å². The fraction of sp³-hybridized carbons (Fsp3) is 0.190. The van der Waals surface area contributed by atoms with Gasteiger partial charge in [0, 0.05) is 26.0 Å². The lowest BCUT2D eigenvalue weighted by atomic mass is 10.1. The zero-order valence-electron chi connectivity index (χ0n) is 16.1. The van der Waals surface area contributed by atoms with E-state index in [-0.39, 0.29) is 5.71 Å². The highest BCUT2D eigenvalue weighted by molar-refractivity contribution is 5.98. The van der Waals surface area contributed by atoms with Crippen LogP contribution in [0.25, 0.3) is 22.4 Å². The first-order valence-corrected chi connectivity index (χ1v) is 8.87. The third-order valence-electron chi connectivity index (χ3n) is 4.93.